The molecule has 19 heavy (non-hydrogen) atoms. The molecule has 0 spiro atoms. The standard InChI is InChI=1S/C13H14BrNO3S/c1-18-8-9-19(16,17)15-13-7-6-12(14)10-4-2-3-5-11(10)13/h2-7,15H,8-9H2,1H3. The Balaban J connectivity index is 2.39. The second-order valence-corrected chi connectivity index (χ2v) is 6.75. The van der Waals surface area contributed by atoms with Crippen LogP contribution in [0.2, 0.25) is 0 Å². The largest absolute Gasteiger partial charge is 0.384 e. The molecule has 0 atom stereocenters. The minimum Gasteiger partial charge on any atom is -0.384 e. The fourth-order valence-electron chi connectivity index (χ4n) is 1.76. The Morgan fingerprint density at radius 2 is 1.84 bits per heavy atom. The molecular formula is C13H14BrNO3S. The van der Waals surface area contributed by atoms with E-state index < -0.39 is 10.0 Å². The number of fused-ring (bicyclic) bond motifs is 1. The lowest BCUT2D eigenvalue weighted by atomic mass is 10.1. The van der Waals surface area contributed by atoms with E-state index >= 15 is 0 Å². The number of anilines is 1. The van der Waals surface area contributed by atoms with Crippen molar-refractivity contribution in [3.8, 4) is 0 Å². The van der Waals surface area contributed by atoms with Gasteiger partial charge >= 0.3 is 0 Å². The summed E-state index contributed by atoms with van der Waals surface area (Å²) in [5, 5.41) is 1.83. The van der Waals surface area contributed by atoms with Crippen LogP contribution in [0.5, 0.6) is 0 Å². The van der Waals surface area contributed by atoms with Crippen LogP contribution in [0, 0.1) is 0 Å². The highest BCUT2D eigenvalue weighted by Gasteiger charge is 2.12. The molecule has 2 rings (SSSR count). The monoisotopic (exact) mass is 343 g/mol. The van der Waals surface area contributed by atoms with E-state index in [-0.39, 0.29) is 12.4 Å². The molecule has 0 unspecified atom stereocenters. The summed E-state index contributed by atoms with van der Waals surface area (Å²) in [5.41, 5.74) is 0.579. The van der Waals surface area contributed by atoms with Gasteiger partial charge in [0.15, 0.2) is 0 Å². The van der Waals surface area contributed by atoms with Gasteiger partial charge in [-0.3, -0.25) is 4.72 Å². The normalized spacial score (nSPS) is 11.7. The van der Waals surface area contributed by atoms with Crippen LogP contribution in [0.3, 0.4) is 0 Å². The van der Waals surface area contributed by atoms with Gasteiger partial charge in [-0.15, -0.1) is 0 Å². The molecule has 0 amide bonds. The van der Waals surface area contributed by atoms with Crippen LogP contribution in [0.15, 0.2) is 40.9 Å². The molecule has 0 aliphatic carbocycles. The molecule has 2 aromatic rings. The average molecular weight is 344 g/mol. The number of hydrogen-bond donors (Lipinski definition) is 1. The highest BCUT2D eigenvalue weighted by molar-refractivity contribution is 9.10. The van der Waals surface area contributed by atoms with E-state index in [9.17, 15) is 8.42 Å². The Hall–Kier alpha value is -1.11. The zero-order valence-electron chi connectivity index (χ0n) is 10.4. The summed E-state index contributed by atoms with van der Waals surface area (Å²) in [6, 6.07) is 11.2. The summed E-state index contributed by atoms with van der Waals surface area (Å²) in [6.07, 6.45) is 0. The van der Waals surface area contributed by atoms with Gasteiger partial charge in [-0.1, -0.05) is 40.2 Å². The third-order valence-corrected chi connectivity index (χ3v) is 4.62. The second kappa shape index (κ2) is 5.90. The van der Waals surface area contributed by atoms with Crippen LogP contribution < -0.4 is 4.72 Å². The topological polar surface area (TPSA) is 55.4 Å². The summed E-state index contributed by atoms with van der Waals surface area (Å²) in [4.78, 5) is 0. The number of halogens is 1. The molecule has 0 radical (unpaired) electrons. The van der Waals surface area contributed by atoms with Gasteiger partial charge < -0.3 is 4.74 Å². The van der Waals surface area contributed by atoms with E-state index in [4.69, 9.17) is 4.74 Å². The van der Waals surface area contributed by atoms with E-state index in [2.05, 4.69) is 20.7 Å². The first-order chi connectivity index (χ1) is 9.03. The van der Waals surface area contributed by atoms with Gasteiger partial charge in [0, 0.05) is 17.0 Å². The summed E-state index contributed by atoms with van der Waals surface area (Å²) < 4.78 is 32.1. The number of methoxy groups -OCH3 is 1. The lowest BCUT2D eigenvalue weighted by molar-refractivity contribution is 0.217. The Bertz CT molecular complexity index is 685. The highest BCUT2D eigenvalue weighted by atomic mass is 79.9. The predicted molar refractivity (Wildman–Crippen MR) is 80.9 cm³/mol. The number of hydrogen-bond acceptors (Lipinski definition) is 3. The molecule has 0 aliphatic rings. The first-order valence-electron chi connectivity index (χ1n) is 5.70. The number of ether oxygens (including phenoxy) is 1. The fraction of sp³-hybridized carbons (Fsp3) is 0.231. The zero-order valence-corrected chi connectivity index (χ0v) is 12.8. The van der Waals surface area contributed by atoms with Crippen LogP contribution in [0.1, 0.15) is 0 Å². The average Bonchev–Trinajstić information content (AvgIpc) is 2.40. The number of benzene rings is 2. The smallest absolute Gasteiger partial charge is 0.235 e. The molecule has 0 fully saturated rings. The molecule has 2 aromatic carbocycles. The first-order valence-corrected chi connectivity index (χ1v) is 8.15. The minimum atomic E-state index is -3.39. The lowest BCUT2D eigenvalue weighted by Crippen LogP contribution is -2.19. The molecule has 0 saturated heterocycles. The van der Waals surface area contributed by atoms with Crippen LogP contribution in [-0.4, -0.2) is 27.9 Å². The van der Waals surface area contributed by atoms with Crippen molar-refractivity contribution in [1.82, 2.24) is 0 Å². The fourth-order valence-corrected chi connectivity index (χ4v) is 3.24. The maximum absolute atomic E-state index is 11.9. The molecule has 1 N–H and O–H groups in total. The van der Waals surface area contributed by atoms with Crippen molar-refractivity contribution in [2.45, 2.75) is 0 Å². The van der Waals surface area contributed by atoms with Crippen molar-refractivity contribution in [3.05, 3.63) is 40.9 Å². The van der Waals surface area contributed by atoms with Gasteiger partial charge in [-0.05, 0) is 17.5 Å². The Kier molecular flexibility index (Phi) is 4.44. The van der Waals surface area contributed by atoms with E-state index in [0.717, 1.165) is 15.2 Å². The third kappa shape index (κ3) is 3.46. The molecule has 4 nitrogen and oxygen atoms in total. The Morgan fingerprint density at radius 1 is 1.16 bits per heavy atom. The van der Waals surface area contributed by atoms with Crippen LogP contribution in [0.4, 0.5) is 5.69 Å². The summed E-state index contributed by atoms with van der Waals surface area (Å²) in [6.45, 7) is 0.170. The van der Waals surface area contributed by atoms with Crippen molar-refractivity contribution < 1.29 is 13.2 Å². The molecule has 102 valence electrons. The number of nitrogens with one attached hydrogen (secondary N) is 1. The molecule has 6 heteroatoms. The van der Waals surface area contributed by atoms with Crippen LogP contribution in [0.25, 0.3) is 10.8 Å². The molecule has 0 aliphatic heterocycles. The maximum Gasteiger partial charge on any atom is 0.235 e. The molecule has 0 aromatic heterocycles. The molecule has 0 bridgehead atoms. The number of rotatable bonds is 5. The van der Waals surface area contributed by atoms with Crippen LogP contribution in [-0.2, 0) is 14.8 Å². The minimum absolute atomic E-state index is 0.0616. The highest BCUT2D eigenvalue weighted by Crippen LogP contribution is 2.30. The van der Waals surface area contributed by atoms with E-state index in [0.29, 0.717) is 5.69 Å². The summed E-state index contributed by atoms with van der Waals surface area (Å²) in [7, 11) is -1.91. The molecular weight excluding hydrogens is 330 g/mol. The van der Waals surface area contributed by atoms with Gasteiger partial charge in [-0.25, -0.2) is 8.42 Å². The van der Waals surface area contributed by atoms with E-state index in [1.165, 1.54) is 7.11 Å². The summed E-state index contributed by atoms with van der Waals surface area (Å²) in [5.74, 6) is -0.0616. The third-order valence-electron chi connectivity index (χ3n) is 2.69. The predicted octanol–water partition coefficient (Wildman–Crippen LogP) is 2.99. The van der Waals surface area contributed by atoms with Crippen molar-refractivity contribution in [1.29, 1.82) is 0 Å². The molecule has 0 heterocycles. The Morgan fingerprint density at radius 3 is 2.53 bits per heavy atom. The Labute approximate surface area is 120 Å². The second-order valence-electron chi connectivity index (χ2n) is 4.05. The van der Waals surface area contributed by atoms with E-state index in [1.54, 1.807) is 6.07 Å². The van der Waals surface area contributed by atoms with Crippen molar-refractivity contribution in [3.63, 3.8) is 0 Å². The van der Waals surface area contributed by atoms with Gasteiger partial charge in [-0.2, -0.15) is 0 Å². The van der Waals surface area contributed by atoms with Crippen molar-refractivity contribution in [2.75, 3.05) is 24.2 Å². The van der Waals surface area contributed by atoms with Crippen LogP contribution >= 0.6 is 15.9 Å². The quantitative estimate of drug-likeness (QED) is 0.907. The molecule has 0 saturated carbocycles. The van der Waals surface area contributed by atoms with Gasteiger partial charge in [0.05, 0.1) is 18.0 Å². The van der Waals surface area contributed by atoms with E-state index in [1.807, 2.05) is 30.3 Å². The SMILES string of the molecule is COCCS(=O)(=O)Nc1ccc(Br)c2ccccc12. The zero-order chi connectivity index (χ0) is 13.9. The van der Waals surface area contributed by atoms with Crippen molar-refractivity contribution in [2.24, 2.45) is 0 Å². The lowest BCUT2D eigenvalue weighted by Gasteiger charge is -2.11. The van der Waals surface area contributed by atoms with Gasteiger partial charge in [0.25, 0.3) is 0 Å². The van der Waals surface area contributed by atoms with Gasteiger partial charge in [0.1, 0.15) is 0 Å². The van der Waals surface area contributed by atoms with Crippen molar-refractivity contribution >= 4 is 42.4 Å². The maximum atomic E-state index is 11.9. The number of sulfonamides is 1. The van der Waals surface area contributed by atoms with Gasteiger partial charge in [0.2, 0.25) is 10.0 Å². The summed E-state index contributed by atoms with van der Waals surface area (Å²) >= 11 is 3.46. The first kappa shape index (κ1) is 14.3.